The van der Waals surface area contributed by atoms with Gasteiger partial charge in [0.15, 0.2) is 5.03 Å². The first-order chi connectivity index (χ1) is 9.49. The minimum Gasteiger partial charge on any atom is -0.480 e. The van der Waals surface area contributed by atoms with E-state index < -0.39 is 22.0 Å². The summed E-state index contributed by atoms with van der Waals surface area (Å²) < 4.78 is 26.1. The second kappa shape index (κ2) is 5.85. The van der Waals surface area contributed by atoms with Crippen molar-refractivity contribution < 1.29 is 18.3 Å². The lowest BCUT2D eigenvalue weighted by molar-refractivity contribution is -0.138. The van der Waals surface area contributed by atoms with E-state index in [-0.39, 0.29) is 11.4 Å². The maximum absolute atomic E-state index is 12.0. The molecule has 0 saturated heterocycles. The second-order valence-electron chi connectivity index (χ2n) is 4.12. The molecular weight excluding hydrogens is 282 g/mol. The Morgan fingerprint density at radius 3 is 2.60 bits per heavy atom. The first-order valence-corrected chi connectivity index (χ1v) is 7.25. The summed E-state index contributed by atoms with van der Waals surface area (Å²) in [7, 11) is -3.93. The van der Waals surface area contributed by atoms with Gasteiger partial charge in [0.1, 0.15) is 6.04 Å². The van der Waals surface area contributed by atoms with Gasteiger partial charge in [-0.05, 0) is 12.0 Å². The van der Waals surface area contributed by atoms with Crippen molar-refractivity contribution in [2.24, 2.45) is 0 Å². The van der Waals surface area contributed by atoms with E-state index in [4.69, 9.17) is 5.11 Å². The van der Waals surface area contributed by atoms with Crippen molar-refractivity contribution >= 4 is 16.0 Å². The van der Waals surface area contributed by atoms with Gasteiger partial charge >= 0.3 is 5.97 Å². The van der Waals surface area contributed by atoms with Crippen molar-refractivity contribution in [3.05, 3.63) is 48.4 Å². The van der Waals surface area contributed by atoms with Gasteiger partial charge in [-0.1, -0.05) is 30.3 Å². The van der Waals surface area contributed by atoms with Gasteiger partial charge in [0, 0.05) is 0 Å². The average molecular weight is 295 g/mol. The number of carboxylic acids is 1. The van der Waals surface area contributed by atoms with Gasteiger partial charge in [-0.25, -0.2) is 13.4 Å². The van der Waals surface area contributed by atoms with Crippen molar-refractivity contribution in [1.29, 1.82) is 0 Å². The molecule has 0 amide bonds. The monoisotopic (exact) mass is 295 g/mol. The Morgan fingerprint density at radius 2 is 2.05 bits per heavy atom. The predicted octanol–water partition coefficient (Wildman–Crippen LogP) is 0.384. The molecular formula is C12H13N3O4S. The predicted molar refractivity (Wildman–Crippen MR) is 70.5 cm³/mol. The van der Waals surface area contributed by atoms with Crippen LogP contribution in [-0.2, 0) is 21.2 Å². The fourth-order valence-electron chi connectivity index (χ4n) is 1.67. The Balaban J connectivity index is 2.17. The first kappa shape index (κ1) is 14.2. The molecule has 1 aromatic carbocycles. The lowest BCUT2D eigenvalue weighted by Crippen LogP contribution is -2.42. The molecule has 0 bridgehead atoms. The maximum atomic E-state index is 12.0. The fourth-order valence-corrected chi connectivity index (χ4v) is 2.76. The standard InChI is InChI=1S/C12H13N3O4S/c16-12(17)10(6-9-4-2-1-3-5-9)15-20(18,19)11-7-13-8-14-11/h1-5,7-8,10,15H,6H2,(H,13,14)(H,16,17). The number of sulfonamides is 1. The molecule has 1 atom stereocenters. The molecule has 0 fully saturated rings. The van der Waals surface area contributed by atoms with Gasteiger partial charge < -0.3 is 10.1 Å². The number of aromatic amines is 1. The molecule has 3 N–H and O–H groups in total. The van der Waals surface area contributed by atoms with E-state index in [1.54, 1.807) is 30.3 Å². The molecule has 0 radical (unpaired) electrons. The number of benzene rings is 1. The van der Waals surface area contributed by atoms with E-state index in [9.17, 15) is 13.2 Å². The van der Waals surface area contributed by atoms with E-state index in [0.29, 0.717) is 0 Å². The molecule has 0 aliphatic heterocycles. The number of nitrogens with one attached hydrogen (secondary N) is 2. The van der Waals surface area contributed by atoms with Crippen LogP contribution in [0.4, 0.5) is 0 Å². The highest BCUT2D eigenvalue weighted by Gasteiger charge is 2.26. The van der Waals surface area contributed by atoms with Crippen LogP contribution in [0.1, 0.15) is 5.56 Å². The van der Waals surface area contributed by atoms with E-state index in [1.807, 2.05) is 0 Å². The summed E-state index contributed by atoms with van der Waals surface area (Å²) in [5.74, 6) is -1.24. The van der Waals surface area contributed by atoms with E-state index in [1.165, 1.54) is 6.33 Å². The Labute approximate surface area is 115 Å². The zero-order valence-electron chi connectivity index (χ0n) is 10.4. The number of hydrogen-bond donors (Lipinski definition) is 3. The number of aromatic nitrogens is 2. The molecule has 20 heavy (non-hydrogen) atoms. The van der Waals surface area contributed by atoms with Crippen LogP contribution in [0.15, 0.2) is 47.9 Å². The van der Waals surface area contributed by atoms with Gasteiger partial charge in [0.2, 0.25) is 0 Å². The van der Waals surface area contributed by atoms with Gasteiger partial charge in [-0.3, -0.25) is 4.79 Å². The zero-order chi connectivity index (χ0) is 14.6. The maximum Gasteiger partial charge on any atom is 0.322 e. The van der Waals surface area contributed by atoms with Crippen LogP contribution < -0.4 is 4.72 Å². The number of rotatable bonds is 6. The molecule has 1 unspecified atom stereocenters. The summed E-state index contributed by atoms with van der Waals surface area (Å²) in [4.78, 5) is 17.2. The zero-order valence-corrected chi connectivity index (χ0v) is 11.2. The van der Waals surface area contributed by atoms with Crippen LogP contribution >= 0.6 is 0 Å². The second-order valence-corrected chi connectivity index (χ2v) is 5.80. The van der Waals surface area contributed by atoms with Crippen LogP contribution in [0.5, 0.6) is 0 Å². The number of carboxylic acid groups (broad SMARTS) is 1. The van der Waals surface area contributed by atoms with Crippen molar-refractivity contribution in [1.82, 2.24) is 14.7 Å². The van der Waals surface area contributed by atoms with Crippen molar-refractivity contribution in [2.45, 2.75) is 17.5 Å². The van der Waals surface area contributed by atoms with Gasteiger partial charge in [0.05, 0.1) is 12.5 Å². The van der Waals surface area contributed by atoms with Gasteiger partial charge in [0.25, 0.3) is 10.0 Å². The Hall–Kier alpha value is -2.19. The Morgan fingerprint density at radius 1 is 1.35 bits per heavy atom. The number of nitrogens with zero attached hydrogens (tertiary/aromatic N) is 1. The quantitative estimate of drug-likeness (QED) is 0.713. The third kappa shape index (κ3) is 3.43. The molecule has 2 rings (SSSR count). The number of carbonyl (C=O) groups is 1. The van der Waals surface area contributed by atoms with Crippen LogP contribution in [0, 0.1) is 0 Å². The summed E-state index contributed by atoms with van der Waals surface area (Å²) in [6.07, 6.45) is 2.38. The lowest BCUT2D eigenvalue weighted by atomic mass is 10.1. The smallest absolute Gasteiger partial charge is 0.322 e. The largest absolute Gasteiger partial charge is 0.480 e. The molecule has 2 aromatic rings. The van der Waals surface area contributed by atoms with Crippen LogP contribution in [0.3, 0.4) is 0 Å². The highest BCUT2D eigenvalue weighted by Crippen LogP contribution is 2.08. The summed E-state index contributed by atoms with van der Waals surface area (Å²) in [6, 6.07) is 7.55. The summed E-state index contributed by atoms with van der Waals surface area (Å²) in [5, 5.41) is 8.97. The third-order valence-electron chi connectivity index (χ3n) is 2.64. The summed E-state index contributed by atoms with van der Waals surface area (Å²) in [6.45, 7) is 0. The van der Waals surface area contributed by atoms with Gasteiger partial charge in [-0.15, -0.1) is 0 Å². The molecule has 1 aromatic heterocycles. The Kier molecular flexibility index (Phi) is 4.16. The highest BCUT2D eigenvalue weighted by atomic mass is 32.2. The molecule has 7 nitrogen and oxygen atoms in total. The fraction of sp³-hybridized carbons (Fsp3) is 0.167. The van der Waals surface area contributed by atoms with E-state index in [2.05, 4.69) is 14.7 Å². The summed E-state index contributed by atoms with van der Waals surface area (Å²) in [5.41, 5.74) is 0.729. The van der Waals surface area contributed by atoms with Crippen LogP contribution in [-0.4, -0.2) is 35.5 Å². The molecule has 0 saturated carbocycles. The topological polar surface area (TPSA) is 112 Å². The van der Waals surface area contributed by atoms with Crippen molar-refractivity contribution in [2.75, 3.05) is 0 Å². The molecule has 0 spiro atoms. The van der Waals surface area contributed by atoms with Gasteiger partial charge in [-0.2, -0.15) is 4.72 Å². The number of aliphatic carboxylic acids is 1. The minimum atomic E-state index is -3.93. The molecule has 1 heterocycles. The third-order valence-corrected chi connectivity index (χ3v) is 4.04. The lowest BCUT2D eigenvalue weighted by Gasteiger charge is -2.14. The summed E-state index contributed by atoms with van der Waals surface area (Å²) >= 11 is 0. The number of imidazole rings is 1. The van der Waals surface area contributed by atoms with Crippen LogP contribution in [0.2, 0.25) is 0 Å². The minimum absolute atomic E-state index is 0.0591. The normalized spacial score (nSPS) is 13.0. The van der Waals surface area contributed by atoms with Crippen molar-refractivity contribution in [3.8, 4) is 0 Å². The number of H-pyrrole nitrogens is 1. The van der Waals surface area contributed by atoms with Crippen LogP contribution in [0.25, 0.3) is 0 Å². The van der Waals surface area contributed by atoms with Crippen molar-refractivity contribution in [3.63, 3.8) is 0 Å². The first-order valence-electron chi connectivity index (χ1n) is 5.76. The number of hydrogen-bond acceptors (Lipinski definition) is 4. The Bertz CT molecular complexity index is 668. The highest BCUT2D eigenvalue weighted by molar-refractivity contribution is 7.89. The average Bonchev–Trinajstić information content (AvgIpc) is 2.93. The molecule has 106 valence electrons. The molecule has 0 aliphatic rings. The SMILES string of the molecule is O=C(O)C(Cc1ccccc1)NS(=O)(=O)c1cnc[nH]1. The van der Waals surface area contributed by atoms with E-state index >= 15 is 0 Å². The molecule has 0 aliphatic carbocycles. The van der Waals surface area contributed by atoms with E-state index in [0.717, 1.165) is 11.8 Å². The molecule has 8 heteroatoms.